The van der Waals surface area contributed by atoms with Crippen molar-refractivity contribution in [3.63, 3.8) is 0 Å². The summed E-state index contributed by atoms with van der Waals surface area (Å²) in [5.74, 6) is 0.986. The first-order valence-electron chi connectivity index (χ1n) is 8.87. The Morgan fingerprint density at radius 1 is 1.00 bits per heavy atom. The molecule has 0 aromatic heterocycles. The third-order valence-electron chi connectivity index (χ3n) is 4.16. The molecular weight excluding hydrogens is 360 g/mol. The number of nitrogens with one attached hydrogen (secondary N) is 1. The number of ether oxygens (including phenoxy) is 3. The molecule has 0 spiro atoms. The summed E-state index contributed by atoms with van der Waals surface area (Å²) in [6, 6.07) is 14.1. The average Bonchev–Trinajstić information content (AvgIpc) is 2.72. The van der Waals surface area contributed by atoms with Gasteiger partial charge in [0, 0.05) is 13.6 Å². The highest BCUT2D eigenvalue weighted by Crippen LogP contribution is 2.27. The smallest absolute Gasteiger partial charge is 0.408 e. The van der Waals surface area contributed by atoms with Crippen molar-refractivity contribution >= 4 is 12.0 Å². The summed E-state index contributed by atoms with van der Waals surface area (Å²) in [6.45, 7) is 2.14. The Morgan fingerprint density at radius 2 is 1.68 bits per heavy atom. The minimum atomic E-state index is -0.714. The van der Waals surface area contributed by atoms with Gasteiger partial charge < -0.3 is 24.4 Å². The van der Waals surface area contributed by atoms with E-state index >= 15 is 0 Å². The van der Waals surface area contributed by atoms with E-state index in [1.807, 2.05) is 42.5 Å². The SMILES string of the molecule is COc1ccc(CN(C)C(=O)[C@H](C)NC(=O)OCc2ccccc2)cc1OC. The lowest BCUT2D eigenvalue weighted by Gasteiger charge is -2.22. The molecule has 2 rings (SSSR count). The molecule has 28 heavy (non-hydrogen) atoms. The van der Waals surface area contributed by atoms with Gasteiger partial charge in [-0.2, -0.15) is 0 Å². The van der Waals surface area contributed by atoms with Crippen LogP contribution in [-0.2, 0) is 22.7 Å². The summed E-state index contributed by atoms with van der Waals surface area (Å²) in [6.07, 6.45) is -0.635. The van der Waals surface area contributed by atoms with E-state index in [1.165, 1.54) is 4.90 Å². The van der Waals surface area contributed by atoms with Crippen molar-refractivity contribution in [2.45, 2.75) is 26.1 Å². The van der Waals surface area contributed by atoms with E-state index < -0.39 is 12.1 Å². The van der Waals surface area contributed by atoms with E-state index in [0.717, 1.165) is 11.1 Å². The number of alkyl carbamates (subject to hydrolysis) is 1. The summed E-state index contributed by atoms with van der Waals surface area (Å²) in [5.41, 5.74) is 1.76. The molecule has 2 aromatic carbocycles. The van der Waals surface area contributed by atoms with Gasteiger partial charge in [-0.1, -0.05) is 36.4 Å². The average molecular weight is 386 g/mol. The zero-order valence-corrected chi connectivity index (χ0v) is 16.6. The van der Waals surface area contributed by atoms with Crippen molar-refractivity contribution in [3.05, 3.63) is 59.7 Å². The largest absolute Gasteiger partial charge is 0.493 e. The first-order valence-corrected chi connectivity index (χ1v) is 8.87. The van der Waals surface area contributed by atoms with Crippen LogP contribution in [0.2, 0.25) is 0 Å². The second-order valence-corrected chi connectivity index (χ2v) is 6.31. The van der Waals surface area contributed by atoms with E-state index in [1.54, 1.807) is 34.3 Å². The van der Waals surface area contributed by atoms with Crippen LogP contribution in [0.15, 0.2) is 48.5 Å². The van der Waals surface area contributed by atoms with Crippen molar-refractivity contribution < 1.29 is 23.8 Å². The molecular formula is C21H26N2O5. The lowest BCUT2D eigenvalue weighted by atomic mass is 10.1. The van der Waals surface area contributed by atoms with Crippen molar-refractivity contribution in [2.75, 3.05) is 21.3 Å². The molecule has 2 aromatic rings. The fraction of sp³-hybridized carbons (Fsp3) is 0.333. The predicted octanol–water partition coefficient (Wildman–Crippen LogP) is 2.98. The van der Waals surface area contributed by atoms with Crippen LogP contribution in [0.5, 0.6) is 11.5 Å². The van der Waals surface area contributed by atoms with Crippen molar-refractivity contribution in [3.8, 4) is 11.5 Å². The Bertz CT molecular complexity index is 795. The van der Waals surface area contributed by atoms with E-state index in [4.69, 9.17) is 14.2 Å². The first kappa shape index (κ1) is 21.1. The quantitative estimate of drug-likeness (QED) is 0.755. The van der Waals surface area contributed by atoms with Gasteiger partial charge in [-0.05, 0) is 30.2 Å². The molecule has 2 amide bonds. The van der Waals surface area contributed by atoms with Crippen LogP contribution in [0.4, 0.5) is 4.79 Å². The number of hydrogen-bond acceptors (Lipinski definition) is 5. The van der Waals surface area contributed by atoms with Gasteiger partial charge in [0.2, 0.25) is 5.91 Å². The first-order chi connectivity index (χ1) is 13.4. The second kappa shape index (κ2) is 10.2. The van der Waals surface area contributed by atoms with Gasteiger partial charge in [-0.25, -0.2) is 4.79 Å². The number of amides is 2. The molecule has 1 N–H and O–H groups in total. The van der Waals surface area contributed by atoms with Crippen LogP contribution in [0.1, 0.15) is 18.1 Å². The van der Waals surface area contributed by atoms with Crippen LogP contribution in [0, 0.1) is 0 Å². The van der Waals surface area contributed by atoms with Gasteiger partial charge in [0.15, 0.2) is 11.5 Å². The van der Waals surface area contributed by atoms with E-state index in [2.05, 4.69) is 5.32 Å². The molecule has 0 aliphatic heterocycles. The lowest BCUT2D eigenvalue weighted by molar-refractivity contribution is -0.132. The number of likely N-dealkylation sites (N-methyl/N-ethyl adjacent to an activating group) is 1. The van der Waals surface area contributed by atoms with Crippen LogP contribution in [0.3, 0.4) is 0 Å². The van der Waals surface area contributed by atoms with E-state index in [0.29, 0.717) is 18.0 Å². The third-order valence-corrected chi connectivity index (χ3v) is 4.16. The van der Waals surface area contributed by atoms with Crippen molar-refractivity contribution in [2.24, 2.45) is 0 Å². The van der Waals surface area contributed by atoms with E-state index in [-0.39, 0.29) is 12.5 Å². The lowest BCUT2D eigenvalue weighted by Crippen LogP contribution is -2.45. The van der Waals surface area contributed by atoms with Crippen LogP contribution >= 0.6 is 0 Å². The number of carbonyl (C=O) groups excluding carboxylic acids is 2. The molecule has 0 bridgehead atoms. The molecule has 0 heterocycles. The Hall–Kier alpha value is -3.22. The van der Waals surface area contributed by atoms with Gasteiger partial charge in [0.25, 0.3) is 0 Å². The van der Waals surface area contributed by atoms with Crippen LogP contribution in [0.25, 0.3) is 0 Å². The molecule has 7 nitrogen and oxygen atoms in total. The highest BCUT2D eigenvalue weighted by molar-refractivity contribution is 5.85. The van der Waals surface area contributed by atoms with Gasteiger partial charge in [0.1, 0.15) is 12.6 Å². The zero-order valence-electron chi connectivity index (χ0n) is 16.6. The maximum atomic E-state index is 12.5. The predicted molar refractivity (Wildman–Crippen MR) is 105 cm³/mol. The molecule has 0 unspecified atom stereocenters. The number of benzene rings is 2. The highest BCUT2D eigenvalue weighted by Gasteiger charge is 2.20. The summed E-state index contributed by atoms with van der Waals surface area (Å²) < 4.78 is 15.6. The third kappa shape index (κ3) is 5.90. The fourth-order valence-electron chi connectivity index (χ4n) is 2.66. The topological polar surface area (TPSA) is 77.1 Å². The van der Waals surface area contributed by atoms with Crippen LogP contribution < -0.4 is 14.8 Å². The summed E-state index contributed by atoms with van der Waals surface area (Å²) in [5, 5.41) is 2.56. The van der Waals surface area contributed by atoms with Crippen LogP contribution in [-0.4, -0.2) is 44.2 Å². The fourth-order valence-corrected chi connectivity index (χ4v) is 2.66. The monoisotopic (exact) mass is 386 g/mol. The Kier molecular flexibility index (Phi) is 7.68. The van der Waals surface area contributed by atoms with E-state index in [9.17, 15) is 9.59 Å². The minimum absolute atomic E-state index is 0.148. The number of carbonyl (C=O) groups is 2. The molecule has 1 atom stereocenters. The summed E-state index contributed by atoms with van der Waals surface area (Å²) >= 11 is 0. The van der Waals surface area contributed by atoms with Gasteiger partial charge >= 0.3 is 6.09 Å². The molecule has 0 radical (unpaired) electrons. The number of rotatable bonds is 8. The molecule has 0 aliphatic rings. The summed E-state index contributed by atoms with van der Waals surface area (Å²) in [4.78, 5) is 26.0. The number of methoxy groups -OCH3 is 2. The molecule has 0 aliphatic carbocycles. The Morgan fingerprint density at radius 3 is 2.32 bits per heavy atom. The highest BCUT2D eigenvalue weighted by atomic mass is 16.5. The Balaban J connectivity index is 1.86. The number of nitrogens with zero attached hydrogens (tertiary/aromatic N) is 1. The van der Waals surface area contributed by atoms with Gasteiger partial charge in [-0.15, -0.1) is 0 Å². The zero-order chi connectivity index (χ0) is 20.5. The number of hydrogen-bond donors (Lipinski definition) is 1. The normalized spacial score (nSPS) is 11.3. The maximum Gasteiger partial charge on any atom is 0.408 e. The molecule has 7 heteroatoms. The second-order valence-electron chi connectivity index (χ2n) is 6.31. The Labute approximate surface area is 165 Å². The maximum absolute atomic E-state index is 12.5. The van der Waals surface area contributed by atoms with Crippen molar-refractivity contribution in [1.82, 2.24) is 10.2 Å². The molecule has 0 saturated heterocycles. The van der Waals surface area contributed by atoms with Gasteiger partial charge in [0.05, 0.1) is 14.2 Å². The molecule has 0 fully saturated rings. The summed E-state index contributed by atoms with van der Waals surface area (Å²) in [7, 11) is 4.80. The minimum Gasteiger partial charge on any atom is -0.493 e. The molecule has 0 saturated carbocycles. The molecule has 150 valence electrons. The van der Waals surface area contributed by atoms with Gasteiger partial charge in [-0.3, -0.25) is 4.79 Å². The van der Waals surface area contributed by atoms with Crippen molar-refractivity contribution in [1.29, 1.82) is 0 Å². The standard InChI is InChI=1S/C21H26N2O5/c1-15(22-21(25)28-14-16-8-6-5-7-9-16)20(24)23(2)13-17-10-11-18(26-3)19(12-17)27-4/h5-12,15H,13-14H2,1-4H3,(H,22,25)/t15-/m0/s1.